The van der Waals surface area contributed by atoms with Gasteiger partial charge < -0.3 is 9.73 Å². The van der Waals surface area contributed by atoms with Gasteiger partial charge in [-0.25, -0.2) is 14.8 Å². The molecule has 0 unspecified atom stereocenters. The summed E-state index contributed by atoms with van der Waals surface area (Å²) >= 11 is 0. The van der Waals surface area contributed by atoms with Crippen LogP contribution in [-0.4, -0.2) is 25.8 Å². The zero-order valence-electron chi connectivity index (χ0n) is 14.6. The monoisotopic (exact) mass is 340 g/mol. The summed E-state index contributed by atoms with van der Waals surface area (Å²) in [5.74, 6) is 2.38. The molecular weight excluding hydrogens is 320 g/mol. The van der Waals surface area contributed by atoms with Crippen LogP contribution in [0.4, 0.5) is 10.6 Å². The van der Waals surface area contributed by atoms with Crippen molar-refractivity contribution in [2.75, 3.05) is 5.32 Å². The van der Waals surface area contributed by atoms with Gasteiger partial charge in [0.05, 0.1) is 12.2 Å². The molecule has 0 saturated carbocycles. The summed E-state index contributed by atoms with van der Waals surface area (Å²) in [5.41, 5.74) is 1.66. The Kier molecular flexibility index (Phi) is 4.51. The van der Waals surface area contributed by atoms with Crippen LogP contribution in [-0.2, 0) is 0 Å². The number of nitrogens with zero attached hydrogens (tertiary/aromatic N) is 4. The smallest absolute Gasteiger partial charge is 0.320 e. The van der Waals surface area contributed by atoms with Gasteiger partial charge in [0.1, 0.15) is 17.3 Å². The van der Waals surface area contributed by atoms with Crippen LogP contribution in [0.15, 0.2) is 34.9 Å². The van der Waals surface area contributed by atoms with Gasteiger partial charge in [-0.15, -0.1) is 0 Å². The lowest BCUT2D eigenvalue weighted by molar-refractivity contribution is 0.247. The lowest BCUT2D eigenvalue weighted by Gasteiger charge is -2.13. The number of amides is 2. The minimum atomic E-state index is -0.368. The molecule has 0 aliphatic rings. The van der Waals surface area contributed by atoms with Crippen LogP contribution in [0.1, 0.15) is 35.9 Å². The molecule has 0 bridgehead atoms. The first-order valence-corrected chi connectivity index (χ1v) is 7.93. The fraction of sp³-hybridized carbons (Fsp3) is 0.294. The highest BCUT2D eigenvalue weighted by molar-refractivity contribution is 5.88. The van der Waals surface area contributed by atoms with E-state index in [0.29, 0.717) is 17.5 Å². The summed E-state index contributed by atoms with van der Waals surface area (Å²) in [6.07, 6.45) is 1.58. The molecule has 2 amide bonds. The van der Waals surface area contributed by atoms with Crippen LogP contribution < -0.4 is 10.6 Å². The SMILES string of the molecule is Cc1cc(C)nc(-n2nccc2NC(=O)N[C@H](C)c2ccc(C)o2)n1. The van der Waals surface area contributed by atoms with E-state index in [9.17, 15) is 4.79 Å². The molecular formula is C17H20N6O2. The third-order valence-electron chi connectivity index (χ3n) is 3.58. The fourth-order valence-electron chi connectivity index (χ4n) is 2.47. The maximum absolute atomic E-state index is 12.3. The van der Waals surface area contributed by atoms with Crippen LogP contribution in [0.2, 0.25) is 0 Å². The topological polar surface area (TPSA) is 97.9 Å². The Bertz CT molecular complexity index is 878. The minimum absolute atomic E-state index is 0.262. The summed E-state index contributed by atoms with van der Waals surface area (Å²) < 4.78 is 7.01. The van der Waals surface area contributed by atoms with E-state index in [-0.39, 0.29) is 12.1 Å². The Morgan fingerprint density at radius 1 is 1.16 bits per heavy atom. The van der Waals surface area contributed by atoms with Crippen LogP contribution in [0.25, 0.3) is 5.95 Å². The first kappa shape index (κ1) is 16.7. The van der Waals surface area contributed by atoms with Crippen LogP contribution in [0.5, 0.6) is 0 Å². The van der Waals surface area contributed by atoms with Crippen molar-refractivity contribution in [2.45, 2.75) is 33.7 Å². The highest BCUT2D eigenvalue weighted by Gasteiger charge is 2.15. The van der Waals surface area contributed by atoms with Crippen molar-refractivity contribution in [3.63, 3.8) is 0 Å². The molecule has 0 spiro atoms. The quantitative estimate of drug-likeness (QED) is 0.760. The molecule has 0 radical (unpaired) electrons. The molecule has 2 N–H and O–H groups in total. The maximum Gasteiger partial charge on any atom is 0.320 e. The Labute approximate surface area is 145 Å². The summed E-state index contributed by atoms with van der Waals surface area (Å²) in [6.45, 7) is 7.48. The van der Waals surface area contributed by atoms with Gasteiger partial charge in [0, 0.05) is 17.5 Å². The van der Waals surface area contributed by atoms with E-state index in [0.717, 1.165) is 17.1 Å². The number of hydrogen-bond acceptors (Lipinski definition) is 5. The van der Waals surface area contributed by atoms with E-state index >= 15 is 0 Å². The van der Waals surface area contributed by atoms with Gasteiger partial charge in [0.15, 0.2) is 0 Å². The molecule has 1 atom stereocenters. The first-order valence-electron chi connectivity index (χ1n) is 7.93. The Morgan fingerprint density at radius 3 is 2.52 bits per heavy atom. The Hall–Kier alpha value is -3.16. The third-order valence-corrected chi connectivity index (χ3v) is 3.58. The summed E-state index contributed by atoms with van der Waals surface area (Å²) in [6, 6.07) is 6.63. The zero-order valence-corrected chi connectivity index (χ0v) is 14.6. The zero-order chi connectivity index (χ0) is 18.0. The molecule has 8 nitrogen and oxygen atoms in total. The van der Waals surface area contributed by atoms with E-state index < -0.39 is 0 Å². The van der Waals surface area contributed by atoms with Gasteiger partial charge in [0.25, 0.3) is 5.95 Å². The number of nitrogens with one attached hydrogen (secondary N) is 2. The minimum Gasteiger partial charge on any atom is -0.464 e. The molecule has 0 fully saturated rings. The van der Waals surface area contributed by atoms with Gasteiger partial charge in [-0.1, -0.05) is 0 Å². The standard InChI is InChI=1S/C17H20N6O2/c1-10-9-11(2)20-16(19-10)23-15(7-8-18-23)22-17(24)21-13(4)14-6-5-12(3)25-14/h5-9,13H,1-4H3,(H2,21,22,24)/t13-/m1/s1. The number of carbonyl (C=O) groups is 1. The van der Waals surface area contributed by atoms with Crippen LogP contribution in [0, 0.1) is 20.8 Å². The second-order valence-electron chi connectivity index (χ2n) is 5.85. The summed E-state index contributed by atoms with van der Waals surface area (Å²) in [5, 5.41) is 9.78. The van der Waals surface area contributed by atoms with Crippen LogP contribution >= 0.6 is 0 Å². The van der Waals surface area contributed by atoms with Crippen LogP contribution in [0.3, 0.4) is 0 Å². The number of furan rings is 1. The number of aromatic nitrogens is 4. The fourth-order valence-corrected chi connectivity index (χ4v) is 2.47. The van der Waals surface area contributed by atoms with E-state index in [2.05, 4.69) is 25.7 Å². The molecule has 0 saturated heterocycles. The second-order valence-corrected chi connectivity index (χ2v) is 5.85. The van der Waals surface area contributed by atoms with E-state index in [1.54, 1.807) is 12.3 Å². The lowest BCUT2D eigenvalue weighted by Crippen LogP contribution is -2.31. The van der Waals surface area contributed by atoms with Gasteiger partial charge in [-0.05, 0) is 45.9 Å². The largest absolute Gasteiger partial charge is 0.464 e. The van der Waals surface area contributed by atoms with Gasteiger partial charge in [-0.2, -0.15) is 9.78 Å². The maximum atomic E-state index is 12.3. The summed E-state index contributed by atoms with van der Waals surface area (Å²) in [4.78, 5) is 21.0. The predicted octanol–water partition coefficient (Wildman–Crippen LogP) is 3.06. The van der Waals surface area contributed by atoms with Gasteiger partial charge in [-0.3, -0.25) is 5.32 Å². The number of anilines is 1. The predicted molar refractivity (Wildman–Crippen MR) is 92.6 cm³/mol. The van der Waals surface area contributed by atoms with E-state index in [4.69, 9.17) is 4.42 Å². The number of rotatable bonds is 4. The Balaban J connectivity index is 1.73. The Morgan fingerprint density at radius 2 is 1.88 bits per heavy atom. The lowest BCUT2D eigenvalue weighted by atomic mass is 10.2. The molecule has 0 aromatic carbocycles. The van der Waals surface area contributed by atoms with Crippen molar-refractivity contribution in [1.82, 2.24) is 25.1 Å². The first-order chi connectivity index (χ1) is 11.9. The normalized spacial score (nSPS) is 12.0. The van der Waals surface area contributed by atoms with Crippen molar-refractivity contribution in [3.05, 3.63) is 53.4 Å². The van der Waals surface area contributed by atoms with Gasteiger partial charge >= 0.3 is 6.03 Å². The third kappa shape index (κ3) is 3.85. The number of aryl methyl sites for hydroxylation is 3. The molecule has 3 aromatic rings. The highest BCUT2D eigenvalue weighted by Crippen LogP contribution is 2.16. The van der Waals surface area contributed by atoms with E-state index in [1.807, 2.05) is 45.9 Å². The average Bonchev–Trinajstić information content (AvgIpc) is 3.15. The molecule has 130 valence electrons. The van der Waals surface area contributed by atoms with Crippen molar-refractivity contribution < 1.29 is 9.21 Å². The van der Waals surface area contributed by atoms with Crippen molar-refractivity contribution in [1.29, 1.82) is 0 Å². The number of hydrogen-bond donors (Lipinski definition) is 2. The number of carbonyl (C=O) groups excluding carboxylic acids is 1. The molecule has 0 aliphatic heterocycles. The molecule has 3 rings (SSSR count). The molecule has 0 aliphatic carbocycles. The van der Waals surface area contributed by atoms with E-state index in [1.165, 1.54) is 4.68 Å². The second kappa shape index (κ2) is 6.76. The van der Waals surface area contributed by atoms with Crippen molar-refractivity contribution in [2.24, 2.45) is 0 Å². The highest BCUT2D eigenvalue weighted by atomic mass is 16.3. The average molecular weight is 340 g/mol. The molecule has 3 aromatic heterocycles. The number of urea groups is 1. The van der Waals surface area contributed by atoms with Crippen molar-refractivity contribution >= 4 is 11.8 Å². The molecule has 3 heterocycles. The van der Waals surface area contributed by atoms with Gasteiger partial charge in [0.2, 0.25) is 0 Å². The molecule has 25 heavy (non-hydrogen) atoms. The molecule has 8 heteroatoms. The van der Waals surface area contributed by atoms with Crippen molar-refractivity contribution in [3.8, 4) is 5.95 Å². The summed E-state index contributed by atoms with van der Waals surface area (Å²) in [7, 11) is 0.